The Morgan fingerprint density at radius 3 is 2.04 bits per heavy atom. The van der Waals surface area contributed by atoms with Gasteiger partial charge in [-0.3, -0.25) is 25.0 Å². The predicted molar refractivity (Wildman–Crippen MR) is 97.4 cm³/mol. The molecule has 0 bridgehead atoms. The SMILES string of the molecule is COC(=O)CCCCCNc1c([N+](=O)[O-])cc(C(C)(C)C)cc1[N+](=O)[O-]. The van der Waals surface area contributed by atoms with Crippen molar-refractivity contribution in [3.63, 3.8) is 0 Å². The summed E-state index contributed by atoms with van der Waals surface area (Å²) in [4.78, 5) is 32.6. The monoisotopic (exact) mass is 367 g/mol. The highest BCUT2D eigenvalue weighted by atomic mass is 16.6. The third-order valence-corrected chi connectivity index (χ3v) is 3.94. The molecule has 0 spiro atoms. The maximum Gasteiger partial charge on any atom is 0.305 e. The molecule has 144 valence electrons. The van der Waals surface area contributed by atoms with Crippen LogP contribution in [0.25, 0.3) is 0 Å². The summed E-state index contributed by atoms with van der Waals surface area (Å²) in [7, 11) is 1.32. The third-order valence-electron chi connectivity index (χ3n) is 3.94. The molecular formula is C17H25N3O6. The average Bonchev–Trinajstić information content (AvgIpc) is 2.55. The number of methoxy groups -OCH3 is 1. The number of rotatable bonds is 9. The zero-order valence-corrected chi connectivity index (χ0v) is 15.5. The van der Waals surface area contributed by atoms with E-state index in [1.807, 2.05) is 20.8 Å². The minimum atomic E-state index is -0.609. The molecule has 26 heavy (non-hydrogen) atoms. The fraction of sp³-hybridized carbons (Fsp3) is 0.588. The molecule has 1 aromatic carbocycles. The van der Waals surface area contributed by atoms with Gasteiger partial charge in [-0.05, 0) is 23.8 Å². The van der Waals surface area contributed by atoms with Crippen molar-refractivity contribution in [3.8, 4) is 0 Å². The second-order valence-corrected chi connectivity index (χ2v) is 6.97. The van der Waals surface area contributed by atoms with Crippen molar-refractivity contribution >= 4 is 23.0 Å². The molecule has 0 unspecified atom stereocenters. The lowest BCUT2D eigenvalue weighted by atomic mass is 9.86. The first-order valence-electron chi connectivity index (χ1n) is 8.36. The Balaban J connectivity index is 2.93. The van der Waals surface area contributed by atoms with E-state index in [-0.39, 0.29) is 23.0 Å². The van der Waals surface area contributed by atoms with Crippen LogP contribution in [0.4, 0.5) is 17.1 Å². The predicted octanol–water partition coefficient (Wildman–Crippen LogP) is 3.95. The number of anilines is 1. The van der Waals surface area contributed by atoms with Gasteiger partial charge < -0.3 is 10.1 Å². The van der Waals surface area contributed by atoms with Gasteiger partial charge in [0.05, 0.1) is 17.0 Å². The van der Waals surface area contributed by atoms with Crippen molar-refractivity contribution in [2.24, 2.45) is 0 Å². The summed E-state index contributed by atoms with van der Waals surface area (Å²) in [6.45, 7) is 5.84. The fourth-order valence-electron chi connectivity index (χ4n) is 2.40. The first-order chi connectivity index (χ1) is 12.1. The molecule has 0 heterocycles. The van der Waals surface area contributed by atoms with E-state index < -0.39 is 15.3 Å². The Bertz CT molecular complexity index is 647. The number of carbonyl (C=O) groups excluding carboxylic acids is 1. The van der Waals surface area contributed by atoms with Crippen LogP contribution in [0.15, 0.2) is 12.1 Å². The minimum absolute atomic E-state index is 0.0824. The standard InChI is InChI=1S/C17H25N3O6/c1-17(2,3)12-10-13(19(22)23)16(14(11-12)20(24)25)18-9-7-5-6-8-15(21)26-4/h10-11,18H,5-9H2,1-4H3. The molecule has 0 saturated carbocycles. The summed E-state index contributed by atoms with van der Waals surface area (Å²) in [5.41, 5.74) is -0.625. The number of unbranched alkanes of at least 4 members (excludes halogenated alkanes) is 2. The van der Waals surface area contributed by atoms with E-state index in [4.69, 9.17) is 0 Å². The number of ether oxygens (including phenoxy) is 1. The smallest absolute Gasteiger partial charge is 0.305 e. The van der Waals surface area contributed by atoms with Gasteiger partial charge in [0, 0.05) is 25.1 Å². The Kier molecular flexibility index (Phi) is 7.48. The first kappa shape index (κ1) is 21.3. The average molecular weight is 367 g/mol. The third kappa shape index (κ3) is 5.98. The highest BCUT2D eigenvalue weighted by Crippen LogP contribution is 2.39. The van der Waals surface area contributed by atoms with E-state index in [0.717, 1.165) is 0 Å². The van der Waals surface area contributed by atoms with E-state index in [1.54, 1.807) is 0 Å². The molecule has 0 saturated heterocycles. The van der Waals surface area contributed by atoms with Crippen molar-refractivity contribution in [3.05, 3.63) is 37.9 Å². The van der Waals surface area contributed by atoms with E-state index in [2.05, 4.69) is 10.1 Å². The van der Waals surface area contributed by atoms with Gasteiger partial charge in [-0.1, -0.05) is 27.2 Å². The van der Waals surface area contributed by atoms with Crippen LogP contribution < -0.4 is 5.32 Å². The highest BCUT2D eigenvalue weighted by Gasteiger charge is 2.29. The number of benzene rings is 1. The molecule has 1 rings (SSSR count). The molecule has 0 fully saturated rings. The summed E-state index contributed by atoms with van der Waals surface area (Å²) in [5.74, 6) is -0.290. The fourth-order valence-corrected chi connectivity index (χ4v) is 2.40. The van der Waals surface area contributed by atoms with E-state index in [9.17, 15) is 25.0 Å². The van der Waals surface area contributed by atoms with Crippen LogP contribution in [-0.2, 0) is 14.9 Å². The van der Waals surface area contributed by atoms with Gasteiger partial charge >= 0.3 is 5.97 Å². The van der Waals surface area contributed by atoms with E-state index in [0.29, 0.717) is 37.8 Å². The van der Waals surface area contributed by atoms with Crippen molar-refractivity contribution in [1.29, 1.82) is 0 Å². The number of nitrogens with one attached hydrogen (secondary N) is 1. The van der Waals surface area contributed by atoms with Gasteiger partial charge in [0.2, 0.25) is 0 Å². The van der Waals surface area contributed by atoms with E-state index >= 15 is 0 Å². The van der Waals surface area contributed by atoms with Crippen LogP contribution in [0.1, 0.15) is 52.0 Å². The molecule has 9 nitrogen and oxygen atoms in total. The lowest BCUT2D eigenvalue weighted by Gasteiger charge is -2.19. The molecule has 0 radical (unpaired) electrons. The normalized spacial score (nSPS) is 11.1. The molecule has 0 aliphatic rings. The number of esters is 1. The molecule has 0 amide bonds. The summed E-state index contributed by atoms with van der Waals surface area (Å²) < 4.78 is 4.54. The summed E-state index contributed by atoms with van der Waals surface area (Å²) in [6, 6.07) is 2.76. The molecule has 0 aromatic heterocycles. The summed E-state index contributed by atoms with van der Waals surface area (Å²) in [5, 5.41) is 25.6. The van der Waals surface area contributed by atoms with Gasteiger partial charge in [0.25, 0.3) is 11.4 Å². The number of nitro benzene ring substituents is 2. The largest absolute Gasteiger partial charge is 0.469 e. The lowest BCUT2D eigenvalue weighted by molar-refractivity contribution is -0.392. The topological polar surface area (TPSA) is 125 Å². The van der Waals surface area contributed by atoms with Gasteiger partial charge in [0.1, 0.15) is 0 Å². The van der Waals surface area contributed by atoms with Crippen molar-refractivity contribution in [2.45, 2.75) is 51.9 Å². The number of carbonyl (C=O) groups is 1. The maximum absolute atomic E-state index is 11.4. The molecule has 9 heteroatoms. The summed E-state index contributed by atoms with van der Waals surface area (Å²) >= 11 is 0. The van der Waals surface area contributed by atoms with E-state index in [1.165, 1.54) is 19.2 Å². The number of hydrogen-bond donors (Lipinski definition) is 1. The molecule has 0 atom stereocenters. The first-order valence-corrected chi connectivity index (χ1v) is 8.36. The van der Waals surface area contributed by atoms with Crippen LogP contribution in [0.2, 0.25) is 0 Å². The zero-order chi connectivity index (χ0) is 19.9. The van der Waals surface area contributed by atoms with Crippen LogP contribution >= 0.6 is 0 Å². The van der Waals surface area contributed by atoms with Crippen LogP contribution in [0, 0.1) is 20.2 Å². The van der Waals surface area contributed by atoms with Crippen molar-refractivity contribution in [1.82, 2.24) is 0 Å². The van der Waals surface area contributed by atoms with Gasteiger partial charge in [-0.25, -0.2) is 0 Å². The minimum Gasteiger partial charge on any atom is -0.469 e. The van der Waals surface area contributed by atoms with Crippen molar-refractivity contribution in [2.75, 3.05) is 19.0 Å². The van der Waals surface area contributed by atoms with Crippen LogP contribution in [-0.4, -0.2) is 29.5 Å². The Morgan fingerprint density at radius 1 is 1.08 bits per heavy atom. The van der Waals surface area contributed by atoms with Crippen LogP contribution in [0.3, 0.4) is 0 Å². The molecule has 0 aliphatic heterocycles. The zero-order valence-electron chi connectivity index (χ0n) is 15.5. The Hall–Kier alpha value is -2.71. The number of nitro groups is 2. The second-order valence-electron chi connectivity index (χ2n) is 6.97. The maximum atomic E-state index is 11.4. The molecule has 0 aliphatic carbocycles. The quantitative estimate of drug-likeness (QED) is 0.303. The molecule has 1 N–H and O–H groups in total. The lowest BCUT2D eigenvalue weighted by Crippen LogP contribution is -2.14. The molecule has 1 aromatic rings. The van der Waals surface area contributed by atoms with Gasteiger partial charge in [-0.15, -0.1) is 0 Å². The van der Waals surface area contributed by atoms with Crippen molar-refractivity contribution < 1.29 is 19.4 Å². The van der Waals surface area contributed by atoms with Gasteiger partial charge in [0.15, 0.2) is 5.69 Å². The summed E-state index contributed by atoms with van der Waals surface area (Å²) in [6.07, 6.45) is 2.24. The molecular weight excluding hydrogens is 342 g/mol. The Morgan fingerprint density at radius 2 is 1.62 bits per heavy atom. The number of hydrogen-bond acceptors (Lipinski definition) is 7. The van der Waals surface area contributed by atoms with Crippen LogP contribution in [0.5, 0.6) is 0 Å². The number of nitrogens with zero attached hydrogens (tertiary/aromatic N) is 2. The highest BCUT2D eigenvalue weighted by molar-refractivity contribution is 5.75. The Labute approximate surface area is 152 Å². The van der Waals surface area contributed by atoms with Gasteiger partial charge in [-0.2, -0.15) is 0 Å². The second kappa shape index (κ2) is 9.12.